The van der Waals surface area contributed by atoms with E-state index in [1.54, 1.807) is 28.9 Å². The van der Waals surface area contributed by atoms with Crippen LogP contribution in [0.25, 0.3) is 16.9 Å². The minimum absolute atomic E-state index is 0.286. The number of amides is 1. The standard InChI is InChI=1S/C23H19BCl3N5O/c24-15-13-30-32-20(12-19(31-22(15)32)14-6-1-2-7-16(14)25)28-10-3-4-11-29-23(33)21-17(26)8-5-9-18(21)27/h1-2,5-9,12-13,28H,3-4,10-11H2,(H,29,33). The maximum Gasteiger partial charge on any atom is 0.254 e. The van der Waals surface area contributed by atoms with Crippen molar-refractivity contribution in [2.75, 3.05) is 18.4 Å². The van der Waals surface area contributed by atoms with Crippen LogP contribution < -0.4 is 16.1 Å². The lowest BCUT2D eigenvalue weighted by Crippen LogP contribution is -2.25. The number of unbranched alkanes of at least 4 members (excludes halogenated alkanes) is 1. The van der Waals surface area contributed by atoms with E-state index < -0.39 is 0 Å². The van der Waals surface area contributed by atoms with Crippen molar-refractivity contribution in [2.24, 2.45) is 0 Å². The molecule has 6 nitrogen and oxygen atoms in total. The summed E-state index contributed by atoms with van der Waals surface area (Å²) in [5, 5.41) is 11.8. The first-order valence-corrected chi connectivity index (χ1v) is 11.4. The van der Waals surface area contributed by atoms with Crippen LogP contribution in [-0.4, -0.2) is 41.4 Å². The number of fused-ring (bicyclic) bond motifs is 1. The molecule has 0 unspecified atom stereocenters. The molecule has 0 aliphatic heterocycles. The second-order valence-corrected chi connectivity index (χ2v) is 8.55. The molecule has 0 aliphatic carbocycles. The van der Waals surface area contributed by atoms with Crippen molar-refractivity contribution < 1.29 is 4.79 Å². The molecule has 2 radical (unpaired) electrons. The summed E-state index contributed by atoms with van der Waals surface area (Å²) in [5.74, 6) is 0.462. The van der Waals surface area contributed by atoms with Crippen LogP contribution in [0.4, 0.5) is 5.82 Å². The van der Waals surface area contributed by atoms with Gasteiger partial charge in [0.15, 0.2) is 5.65 Å². The fourth-order valence-corrected chi connectivity index (χ4v) is 4.19. The molecule has 2 aromatic carbocycles. The molecule has 2 aromatic heterocycles. The molecule has 0 saturated carbocycles. The average molecular weight is 499 g/mol. The quantitative estimate of drug-likeness (QED) is 0.271. The molecule has 166 valence electrons. The summed E-state index contributed by atoms with van der Waals surface area (Å²) in [6.07, 6.45) is 3.13. The van der Waals surface area contributed by atoms with E-state index in [0.717, 1.165) is 24.2 Å². The number of aromatic nitrogens is 3. The first-order valence-electron chi connectivity index (χ1n) is 10.3. The zero-order valence-electron chi connectivity index (χ0n) is 17.5. The first kappa shape index (κ1) is 23.4. The SMILES string of the molecule is [B]c1cnn2c(NCCCCNC(=O)c3c(Cl)cccc3Cl)cc(-c3ccccc3Cl)nc12. The number of nitrogens with zero attached hydrogens (tertiary/aromatic N) is 3. The Hall–Kier alpha value is -2.74. The lowest BCUT2D eigenvalue weighted by atomic mass is 10.0. The molecule has 0 spiro atoms. The molecule has 4 rings (SSSR count). The first-order chi connectivity index (χ1) is 16.0. The van der Waals surface area contributed by atoms with Gasteiger partial charge < -0.3 is 10.6 Å². The normalized spacial score (nSPS) is 11.0. The summed E-state index contributed by atoms with van der Waals surface area (Å²) in [6.45, 7) is 1.15. The number of hydrogen-bond donors (Lipinski definition) is 2. The van der Waals surface area contributed by atoms with Crippen LogP contribution in [0.1, 0.15) is 23.2 Å². The third-order valence-corrected chi connectivity index (χ3v) is 5.99. The highest BCUT2D eigenvalue weighted by molar-refractivity contribution is 6.39. The lowest BCUT2D eigenvalue weighted by Gasteiger charge is -2.12. The van der Waals surface area contributed by atoms with Gasteiger partial charge in [-0.25, -0.2) is 4.98 Å². The van der Waals surface area contributed by atoms with E-state index in [1.807, 2.05) is 30.3 Å². The van der Waals surface area contributed by atoms with Gasteiger partial charge in [-0.05, 0) is 36.5 Å². The van der Waals surface area contributed by atoms with Gasteiger partial charge in [0.25, 0.3) is 5.91 Å². The van der Waals surface area contributed by atoms with Gasteiger partial charge in [0, 0.05) is 35.9 Å². The summed E-state index contributed by atoms with van der Waals surface area (Å²) >= 11 is 18.5. The van der Waals surface area contributed by atoms with Crippen LogP contribution in [0, 0.1) is 0 Å². The zero-order valence-corrected chi connectivity index (χ0v) is 19.8. The molecular formula is C23H19BCl3N5O. The lowest BCUT2D eigenvalue weighted by molar-refractivity contribution is 0.0953. The smallest absolute Gasteiger partial charge is 0.254 e. The Kier molecular flexibility index (Phi) is 7.43. The second-order valence-electron chi connectivity index (χ2n) is 7.33. The summed E-state index contributed by atoms with van der Waals surface area (Å²) in [4.78, 5) is 17.0. The molecule has 0 aliphatic rings. The Balaban J connectivity index is 1.38. The monoisotopic (exact) mass is 497 g/mol. The topological polar surface area (TPSA) is 71.3 Å². The fourth-order valence-electron chi connectivity index (χ4n) is 3.38. The Morgan fingerprint density at radius 3 is 2.42 bits per heavy atom. The second kappa shape index (κ2) is 10.5. The van der Waals surface area contributed by atoms with Crippen molar-refractivity contribution in [1.29, 1.82) is 0 Å². The number of benzene rings is 2. The van der Waals surface area contributed by atoms with Gasteiger partial charge in [-0.15, -0.1) is 0 Å². The Bertz CT molecular complexity index is 1290. The molecule has 10 heteroatoms. The average Bonchev–Trinajstić information content (AvgIpc) is 3.17. The van der Waals surface area contributed by atoms with E-state index in [-0.39, 0.29) is 5.91 Å². The predicted octanol–water partition coefficient (Wildman–Crippen LogP) is 4.77. The van der Waals surface area contributed by atoms with Crippen molar-refractivity contribution >= 4 is 65.5 Å². The summed E-state index contributed by atoms with van der Waals surface area (Å²) < 4.78 is 1.66. The zero-order chi connectivity index (χ0) is 23.4. The number of hydrogen-bond acceptors (Lipinski definition) is 4. The predicted molar refractivity (Wildman–Crippen MR) is 135 cm³/mol. The van der Waals surface area contributed by atoms with Gasteiger partial charge in [-0.1, -0.05) is 59.1 Å². The molecule has 1 amide bonds. The van der Waals surface area contributed by atoms with Gasteiger partial charge in [-0.2, -0.15) is 9.61 Å². The van der Waals surface area contributed by atoms with E-state index in [0.29, 0.717) is 50.5 Å². The maximum absolute atomic E-state index is 12.4. The Morgan fingerprint density at radius 1 is 0.970 bits per heavy atom. The van der Waals surface area contributed by atoms with E-state index in [2.05, 4.69) is 20.7 Å². The van der Waals surface area contributed by atoms with Crippen molar-refractivity contribution in [3.8, 4) is 11.3 Å². The van der Waals surface area contributed by atoms with Crippen LogP contribution in [-0.2, 0) is 0 Å². The minimum atomic E-state index is -0.286. The van der Waals surface area contributed by atoms with E-state index in [9.17, 15) is 4.79 Å². The highest BCUT2D eigenvalue weighted by atomic mass is 35.5. The number of halogens is 3. The number of anilines is 1. The number of carbonyl (C=O) groups excluding carboxylic acids is 1. The van der Waals surface area contributed by atoms with Crippen LogP contribution in [0.5, 0.6) is 0 Å². The van der Waals surface area contributed by atoms with Crippen LogP contribution in [0.2, 0.25) is 15.1 Å². The summed E-state index contributed by atoms with van der Waals surface area (Å²) in [6, 6.07) is 14.4. The van der Waals surface area contributed by atoms with Crippen molar-refractivity contribution in [3.05, 3.63) is 75.4 Å². The number of rotatable bonds is 8. The molecule has 2 N–H and O–H groups in total. The number of nitrogens with one attached hydrogen (secondary N) is 2. The highest BCUT2D eigenvalue weighted by Crippen LogP contribution is 2.28. The Morgan fingerprint density at radius 2 is 1.67 bits per heavy atom. The third-order valence-electron chi connectivity index (χ3n) is 5.03. The molecular weight excluding hydrogens is 479 g/mol. The largest absolute Gasteiger partial charge is 0.370 e. The molecule has 0 fully saturated rings. The maximum atomic E-state index is 12.4. The summed E-state index contributed by atoms with van der Waals surface area (Å²) in [5.41, 5.74) is 2.84. The van der Waals surface area contributed by atoms with Gasteiger partial charge in [0.1, 0.15) is 13.7 Å². The summed E-state index contributed by atoms with van der Waals surface area (Å²) in [7, 11) is 6.06. The number of carbonyl (C=O) groups is 1. The minimum Gasteiger partial charge on any atom is -0.370 e. The molecule has 0 saturated heterocycles. The van der Waals surface area contributed by atoms with Crippen LogP contribution >= 0.6 is 34.8 Å². The molecule has 2 heterocycles. The third kappa shape index (κ3) is 5.27. The van der Waals surface area contributed by atoms with E-state index in [1.165, 1.54) is 0 Å². The highest BCUT2D eigenvalue weighted by Gasteiger charge is 2.14. The molecule has 0 bridgehead atoms. The molecule has 33 heavy (non-hydrogen) atoms. The van der Waals surface area contributed by atoms with E-state index >= 15 is 0 Å². The van der Waals surface area contributed by atoms with Gasteiger partial charge in [0.2, 0.25) is 0 Å². The van der Waals surface area contributed by atoms with Crippen molar-refractivity contribution in [2.45, 2.75) is 12.8 Å². The molecule has 0 atom stereocenters. The van der Waals surface area contributed by atoms with Gasteiger partial charge in [0.05, 0.1) is 21.3 Å². The molecule has 4 aromatic rings. The van der Waals surface area contributed by atoms with Gasteiger partial charge >= 0.3 is 0 Å². The van der Waals surface area contributed by atoms with E-state index in [4.69, 9.17) is 42.6 Å². The van der Waals surface area contributed by atoms with Gasteiger partial charge in [-0.3, -0.25) is 4.79 Å². The van der Waals surface area contributed by atoms with Crippen molar-refractivity contribution in [3.63, 3.8) is 0 Å². The van der Waals surface area contributed by atoms with Crippen molar-refractivity contribution in [1.82, 2.24) is 19.9 Å². The van der Waals surface area contributed by atoms with Crippen LogP contribution in [0.3, 0.4) is 0 Å². The fraction of sp³-hybridized carbons (Fsp3) is 0.174. The van der Waals surface area contributed by atoms with Crippen LogP contribution in [0.15, 0.2) is 54.7 Å². The Labute approximate surface area is 207 Å².